The number of halogens is 1. The molecule has 68 valence electrons. The van der Waals surface area contributed by atoms with E-state index >= 15 is 0 Å². The molecule has 0 heterocycles. The quantitative estimate of drug-likeness (QED) is 0.442. The van der Waals surface area contributed by atoms with Crippen molar-refractivity contribution in [3.63, 3.8) is 0 Å². The van der Waals surface area contributed by atoms with E-state index in [4.69, 9.17) is 0 Å². The van der Waals surface area contributed by atoms with Crippen LogP contribution in [0.1, 0.15) is 52.4 Å². The van der Waals surface area contributed by atoms with E-state index in [-0.39, 0.29) is 0 Å². The van der Waals surface area contributed by atoms with Crippen molar-refractivity contribution in [3.8, 4) is 0 Å². The molecule has 0 saturated heterocycles. The lowest BCUT2D eigenvalue weighted by atomic mass is 10.0. The topological polar surface area (TPSA) is 0 Å². The summed E-state index contributed by atoms with van der Waals surface area (Å²) in [5, 5.41) is 1.17. The molecule has 0 radical (unpaired) electrons. The SMILES string of the molecule is CCCCCCC[C@@H](C)CBr. The number of hydrogen-bond acceptors (Lipinski definition) is 0. The summed E-state index contributed by atoms with van der Waals surface area (Å²) in [5.74, 6) is 0.872. The molecule has 1 heteroatoms. The molecule has 0 aliphatic carbocycles. The standard InChI is InChI=1S/C10H21Br/c1-3-4-5-6-7-8-10(2)9-11/h10H,3-9H2,1-2H3/t10-/m1/s1. The Morgan fingerprint density at radius 3 is 2.27 bits per heavy atom. The highest BCUT2D eigenvalue weighted by Gasteiger charge is 1.97. The minimum absolute atomic E-state index is 0.872. The fourth-order valence-corrected chi connectivity index (χ4v) is 1.50. The van der Waals surface area contributed by atoms with Gasteiger partial charge < -0.3 is 0 Å². The predicted octanol–water partition coefficient (Wildman–Crippen LogP) is 4.38. The third-order valence-electron chi connectivity index (χ3n) is 2.06. The summed E-state index contributed by atoms with van der Waals surface area (Å²) >= 11 is 3.50. The Bertz CT molecular complexity index is 71.3. The van der Waals surface area contributed by atoms with Gasteiger partial charge in [0, 0.05) is 5.33 Å². The van der Waals surface area contributed by atoms with Gasteiger partial charge in [-0.05, 0) is 12.3 Å². The highest BCUT2D eigenvalue weighted by molar-refractivity contribution is 9.09. The summed E-state index contributed by atoms with van der Waals surface area (Å²) in [6, 6.07) is 0. The molecule has 0 aromatic rings. The third-order valence-corrected chi connectivity index (χ3v) is 3.17. The van der Waals surface area contributed by atoms with Gasteiger partial charge in [0.15, 0.2) is 0 Å². The van der Waals surface area contributed by atoms with Gasteiger partial charge in [0.1, 0.15) is 0 Å². The minimum atomic E-state index is 0.872. The van der Waals surface area contributed by atoms with Crippen molar-refractivity contribution in [1.29, 1.82) is 0 Å². The maximum absolute atomic E-state index is 3.50. The van der Waals surface area contributed by atoms with Crippen LogP contribution in [0.25, 0.3) is 0 Å². The molecule has 0 spiro atoms. The highest BCUT2D eigenvalue weighted by Crippen LogP contribution is 2.12. The molecular weight excluding hydrogens is 200 g/mol. The molecule has 0 aromatic carbocycles. The van der Waals surface area contributed by atoms with Crippen LogP contribution in [0.4, 0.5) is 0 Å². The predicted molar refractivity (Wildman–Crippen MR) is 56.3 cm³/mol. The Morgan fingerprint density at radius 2 is 1.73 bits per heavy atom. The molecule has 0 aliphatic rings. The lowest BCUT2D eigenvalue weighted by Crippen LogP contribution is -1.94. The average Bonchev–Trinajstić information content (AvgIpc) is 2.04. The van der Waals surface area contributed by atoms with Crippen LogP contribution in [0.3, 0.4) is 0 Å². The lowest BCUT2D eigenvalue weighted by molar-refractivity contribution is 0.526. The van der Waals surface area contributed by atoms with Crippen LogP contribution in [0.15, 0.2) is 0 Å². The zero-order chi connectivity index (χ0) is 8.53. The summed E-state index contributed by atoms with van der Waals surface area (Å²) < 4.78 is 0. The van der Waals surface area contributed by atoms with Crippen molar-refractivity contribution in [2.45, 2.75) is 52.4 Å². The maximum atomic E-state index is 3.50. The van der Waals surface area contributed by atoms with Gasteiger partial charge in [0.05, 0.1) is 0 Å². The van der Waals surface area contributed by atoms with Crippen LogP contribution in [0.5, 0.6) is 0 Å². The van der Waals surface area contributed by atoms with Gasteiger partial charge in [-0.25, -0.2) is 0 Å². The molecule has 0 aromatic heterocycles. The number of alkyl halides is 1. The van der Waals surface area contributed by atoms with Crippen LogP contribution in [-0.4, -0.2) is 5.33 Å². The molecule has 0 unspecified atom stereocenters. The summed E-state index contributed by atoms with van der Waals surface area (Å²) in [6.45, 7) is 4.58. The number of unbranched alkanes of at least 4 members (excludes halogenated alkanes) is 4. The average molecular weight is 221 g/mol. The monoisotopic (exact) mass is 220 g/mol. The lowest BCUT2D eigenvalue weighted by Gasteiger charge is -2.05. The van der Waals surface area contributed by atoms with Gasteiger partial charge in [0.25, 0.3) is 0 Å². The molecule has 0 rings (SSSR count). The molecule has 0 bridgehead atoms. The normalized spacial score (nSPS) is 13.4. The first-order valence-corrected chi connectivity index (χ1v) is 5.99. The van der Waals surface area contributed by atoms with Gasteiger partial charge in [-0.3, -0.25) is 0 Å². The van der Waals surface area contributed by atoms with Crippen molar-refractivity contribution in [2.24, 2.45) is 5.92 Å². The number of hydrogen-bond donors (Lipinski definition) is 0. The molecule has 0 amide bonds. The van der Waals surface area contributed by atoms with Gasteiger partial charge in [-0.15, -0.1) is 0 Å². The van der Waals surface area contributed by atoms with Crippen LogP contribution >= 0.6 is 15.9 Å². The molecule has 0 aliphatic heterocycles. The number of rotatable bonds is 7. The first-order chi connectivity index (χ1) is 5.31. The van der Waals surface area contributed by atoms with E-state index in [1.54, 1.807) is 0 Å². The fourth-order valence-electron chi connectivity index (χ4n) is 1.17. The largest absolute Gasteiger partial charge is 0.0925 e. The van der Waals surface area contributed by atoms with E-state index in [1.807, 2.05) is 0 Å². The van der Waals surface area contributed by atoms with Gasteiger partial charge in [0.2, 0.25) is 0 Å². The molecule has 0 fully saturated rings. The van der Waals surface area contributed by atoms with E-state index in [1.165, 1.54) is 43.9 Å². The zero-order valence-electron chi connectivity index (χ0n) is 7.91. The van der Waals surface area contributed by atoms with E-state index < -0.39 is 0 Å². The Labute approximate surface area is 79.9 Å². The smallest absolute Gasteiger partial charge is 0.00570 e. The Balaban J connectivity index is 2.89. The van der Waals surface area contributed by atoms with E-state index in [2.05, 4.69) is 29.8 Å². The highest BCUT2D eigenvalue weighted by atomic mass is 79.9. The van der Waals surface area contributed by atoms with Crippen LogP contribution < -0.4 is 0 Å². The Kier molecular flexibility index (Phi) is 8.95. The van der Waals surface area contributed by atoms with Gasteiger partial charge in [-0.2, -0.15) is 0 Å². The van der Waals surface area contributed by atoms with Gasteiger partial charge in [-0.1, -0.05) is 61.9 Å². The zero-order valence-corrected chi connectivity index (χ0v) is 9.49. The van der Waals surface area contributed by atoms with Gasteiger partial charge >= 0.3 is 0 Å². The van der Waals surface area contributed by atoms with Crippen LogP contribution in [-0.2, 0) is 0 Å². The molecule has 0 saturated carbocycles. The molecule has 0 nitrogen and oxygen atoms in total. The minimum Gasteiger partial charge on any atom is -0.0925 e. The van der Waals surface area contributed by atoms with Crippen molar-refractivity contribution < 1.29 is 0 Å². The second-order valence-corrected chi connectivity index (χ2v) is 4.11. The van der Waals surface area contributed by atoms with Crippen LogP contribution in [0.2, 0.25) is 0 Å². The van der Waals surface area contributed by atoms with Crippen molar-refractivity contribution in [3.05, 3.63) is 0 Å². The van der Waals surface area contributed by atoms with Crippen molar-refractivity contribution in [1.82, 2.24) is 0 Å². The molecule has 11 heavy (non-hydrogen) atoms. The first kappa shape index (κ1) is 11.5. The summed E-state index contributed by atoms with van der Waals surface area (Å²) in [7, 11) is 0. The first-order valence-electron chi connectivity index (χ1n) is 4.87. The summed E-state index contributed by atoms with van der Waals surface area (Å²) in [5.41, 5.74) is 0. The van der Waals surface area contributed by atoms with E-state index in [9.17, 15) is 0 Å². The summed E-state index contributed by atoms with van der Waals surface area (Å²) in [4.78, 5) is 0. The van der Waals surface area contributed by atoms with E-state index in [0.29, 0.717) is 0 Å². The second-order valence-electron chi connectivity index (χ2n) is 3.46. The van der Waals surface area contributed by atoms with Crippen LogP contribution in [0, 0.1) is 5.92 Å². The van der Waals surface area contributed by atoms with Crippen molar-refractivity contribution >= 4 is 15.9 Å². The molecular formula is C10H21Br. The Morgan fingerprint density at radius 1 is 1.09 bits per heavy atom. The Hall–Kier alpha value is 0.480. The third kappa shape index (κ3) is 8.39. The fraction of sp³-hybridized carbons (Fsp3) is 1.00. The summed E-state index contributed by atoms with van der Waals surface area (Å²) in [6.07, 6.45) is 8.47. The molecule has 0 N–H and O–H groups in total. The second kappa shape index (κ2) is 8.58. The van der Waals surface area contributed by atoms with Crippen molar-refractivity contribution in [2.75, 3.05) is 5.33 Å². The maximum Gasteiger partial charge on any atom is 0.00570 e. The molecule has 1 atom stereocenters. The van der Waals surface area contributed by atoms with E-state index in [0.717, 1.165) is 5.92 Å².